The van der Waals surface area contributed by atoms with E-state index in [1.165, 1.54) is 6.26 Å². The van der Waals surface area contributed by atoms with Gasteiger partial charge in [-0.1, -0.05) is 24.6 Å². The first-order valence-corrected chi connectivity index (χ1v) is 10.4. The van der Waals surface area contributed by atoms with Crippen molar-refractivity contribution in [1.29, 1.82) is 0 Å². The van der Waals surface area contributed by atoms with Crippen LogP contribution < -0.4 is 10.2 Å². The number of nitrogens with zero attached hydrogens (tertiary/aromatic N) is 1. The summed E-state index contributed by atoms with van der Waals surface area (Å²) in [5, 5.41) is 3.48. The van der Waals surface area contributed by atoms with Gasteiger partial charge in [0.05, 0.1) is 0 Å². The summed E-state index contributed by atoms with van der Waals surface area (Å²) in [4.78, 5) is 1.99. The van der Waals surface area contributed by atoms with Crippen LogP contribution in [0, 0.1) is 0 Å². The highest BCUT2D eigenvalue weighted by atomic mass is 35.5. The van der Waals surface area contributed by atoms with E-state index in [2.05, 4.69) is 5.32 Å². The molecule has 1 aromatic rings. The molecule has 0 saturated carbocycles. The van der Waals surface area contributed by atoms with E-state index < -0.39 is 15.2 Å². The number of rotatable bonds is 5. The van der Waals surface area contributed by atoms with Crippen molar-refractivity contribution in [2.45, 2.75) is 18.8 Å². The van der Waals surface area contributed by atoms with Crippen molar-refractivity contribution >= 4 is 38.9 Å². The van der Waals surface area contributed by atoms with Crippen LogP contribution in [-0.4, -0.2) is 44.6 Å². The average molecular weight is 349 g/mol. The van der Waals surface area contributed by atoms with Crippen LogP contribution in [0.5, 0.6) is 0 Å². The second kappa shape index (κ2) is 7.22. The quantitative estimate of drug-likeness (QED) is 0.885. The fraction of sp³-hybridized carbons (Fsp3) is 0.571. The van der Waals surface area contributed by atoms with Crippen molar-refractivity contribution in [1.82, 2.24) is 5.32 Å². The lowest BCUT2D eigenvalue weighted by Crippen LogP contribution is -2.47. The van der Waals surface area contributed by atoms with Gasteiger partial charge in [0.1, 0.15) is 5.37 Å². The summed E-state index contributed by atoms with van der Waals surface area (Å²) in [5.41, 5.74) is 1.90. The molecule has 0 amide bonds. The van der Waals surface area contributed by atoms with Gasteiger partial charge in [0.2, 0.25) is 0 Å². The van der Waals surface area contributed by atoms with Crippen LogP contribution in [0.4, 0.5) is 5.69 Å². The van der Waals surface area contributed by atoms with Crippen LogP contribution in [0.3, 0.4) is 0 Å². The van der Waals surface area contributed by atoms with E-state index in [0.29, 0.717) is 17.3 Å². The van der Waals surface area contributed by atoms with Crippen LogP contribution in [0.15, 0.2) is 18.2 Å². The van der Waals surface area contributed by atoms with Crippen LogP contribution in [0.25, 0.3) is 0 Å². The second-order valence-corrected chi connectivity index (χ2v) is 8.83. The number of benzene rings is 1. The maximum absolute atomic E-state index is 12.1. The third-order valence-electron chi connectivity index (χ3n) is 3.53. The van der Waals surface area contributed by atoms with Gasteiger partial charge in [-0.05, 0) is 18.7 Å². The highest BCUT2D eigenvalue weighted by molar-refractivity contribution is 8.01. The van der Waals surface area contributed by atoms with E-state index in [1.807, 2.05) is 30.0 Å². The van der Waals surface area contributed by atoms with Crippen molar-refractivity contribution in [2.24, 2.45) is 0 Å². The second-order valence-electron chi connectivity index (χ2n) is 5.07. The highest BCUT2D eigenvalue weighted by Crippen LogP contribution is 2.33. The molecule has 0 spiro atoms. The van der Waals surface area contributed by atoms with Crippen molar-refractivity contribution in [3.8, 4) is 0 Å². The summed E-state index contributed by atoms with van der Waals surface area (Å²) < 4.78 is 24.2. The molecule has 0 radical (unpaired) electrons. The third kappa shape index (κ3) is 4.06. The average Bonchev–Trinajstić information content (AvgIpc) is 2.45. The van der Waals surface area contributed by atoms with Gasteiger partial charge < -0.3 is 10.2 Å². The molecule has 4 nitrogen and oxygen atoms in total. The first-order valence-electron chi connectivity index (χ1n) is 6.96. The summed E-state index contributed by atoms with van der Waals surface area (Å²) in [6.07, 6.45) is 1.31. The normalized spacial score (nSPS) is 19.8. The van der Waals surface area contributed by atoms with Gasteiger partial charge in [0.25, 0.3) is 0 Å². The lowest BCUT2D eigenvalue weighted by molar-refractivity contribution is 0.584. The molecule has 0 aromatic heterocycles. The predicted molar refractivity (Wildman–Crippen MR) is 92.1 cm³/mol. The molecular formula is C14H21ClN2O2S2. The maximum Gasteiger partial charge on any atom is 0.169 e. The topological polar surface area (TPSA) is 49.4 Å². The third-order valence-corrected chi connectivity index (χ3v) is 6.53. The number of nitrogens with one attached hydrogen (secondary N) is 1. The van der Waals surface area contributed by atoms with E-state index in [0.717, 1.165) is 30.1 Å². The van der Waals surface area contributed by atoms with Crippen molar-refractivity contribution in [3.63, 3.8) is 0 Å². The predicted octanol–water partition coefficient (Wildman–Crippen LogP) is 2.37. The van der Waals surface area contributed by atoms with Gasteiger partial charge >= 0.3 is 0 Å². The molecule has 2 rings (SSSR count). The summed E-state index contributed by atoms with van der Waals surface area (Å²) in [6.45, 7) is 4.25. The largest absolute Gasteiger partial charge is 0.353 e. The summed E-state index contributed by atoms with van der Waals surface area (Å²) in [6, 6.07) is 5.70. The lowest BCUT2D eigenvalue weighted by Gasteiger charge is -2.37. The van der Waals surface area contributed by atoms with Gasteiger partial charge in [-0.2, -0.15) is 11.8 Å². The van der Waals surface area contributed by atoms with Crippen LogP contribution >= 0.6 is 23.4 Å². The molecule has 1 aliphatic heterocycles. The molecule has 1 aliphatic rings. The van der Waals surface area contributed by atoms with Gasteiger partial charge in [0, 0.05) is 47.1 Å². The highest BCUT2D eigenvalue weighted by Gasteiger charge is 2.32. The molecule has 1 unspecified atom stereocenters. The molecule has 1 saturated heterocycles. The van der Waals surface area contributed by atoms with E-state index in [9.17, 15) is 8.42 Å². The molecular weight excluding hydrogens is 328 g/mol. The van der Waals surface area contributed by atoms with E-state index in [1.54, 1.807) is 11.8 Å². The number of anilines is 1. The van der Waals surface area contributed by atoms with E-state index in [-0.39, 0.29) is 0 Å². The first-order chi connectivity index (χ1) is 9.95. The summed E-state index contributed by atoms with van der Waals surface area (Å²) in [7, 11) is -3.13. The Labute approximate surface area is 136 Å². The molecule has 1 N–H and O–H groups in total. The van der Waals surface area contributed by atoms with Crippen LogP contribution in [-0.2, 0) is 16.4 Å². The Kier molecular flexibility index (Phi) is 5.82. The molecule has 1 atom stereocenters. The van der Waals surface area contributed by atoms with Crippen molar-refractivity contribution in [2.75, 3.05) is 35.8 Å². The zero-order valence-electron chi connectivity index (χ0n) is 12.3. The smallest absolute Gasteiger partial charge is 0.169 e. The fourth-order valence-corrected chi connectivity index (χ4v) is 5.52. The van der Waals surface area contributed by atoms with Crippen LogP contribution in [0.2, 0.25) is 5.02 Å². The van der Waals surface area contributed by atoms with E-state index >= 15 is 0 Å². The van der Waals surface area contributed by atoms with Crippen LogP contribution in [0.1, 0.15) is 12.5 Å². The maximum atomic E-state index is 12.1. The molecule has 1 aromatic carbocycles. The monoisotopic (exact) mass is 348 g/mol. The Hall–Kier alpha value is -0.430. The number of thioether (sulfide) groups is 1. The molecule has 7 heteroatoms. The molecule has 0 bridgehead atoms. The first kappa shape index (κ1) is 16.9. The molecule has 1 fully saturated rings. The molecule has 21 heavy (non-hydrogen) atoms. The zero-order chi connectivity index (χ0) is 15.5. The van der Waals surface area contributed by atoms with Gasteiger partial charge in [-0.15, -0.1) is 0 Å². The number of hydrogen-bond donors (Lipinski definition) is 1. The Bertz CT molecular complexity index is 593. The van der Waals surface area contributed by atoms with Crippen molar-refractivity contribution in [3.05, 3.63) is 28.8 Å². The molecule has 0 aliphatic carbocycles. The van der Waals surface area contributed by atoms with Gasteiger partial charge in [0.15, 0.2) is 9.84 Å². The van der Waals surface area contributed by atoms with E-state index in [4.69, 9.17) is 11.6 Å². The molecule has 118 valence electrons. The summed E-state index contributed by atoms with van der Waals surface area (Å²) in [5.74, 6) is 1.53. The number of hydrogen-bond acceptors (Lipinski definition) is 5. The fourth-order valence-electron chi connectivity index (χ4n) is 2.45. The Balaban J connectivity index is 2.41. The zero-order valence-corrected chi connectivity index (χ0v) is 14.7. The minimum Gasteiger partial charge on any atom is -0.353 e. The summed E-state index contributed by atoms with van der Waals surface area (Å²) >= 11 is 8.01. The van der Waals surface area contributed by atoms with Crippen molar-refractivity contribution < 1.29 is 8.42 Å². The van der Waals surface area contributed by atoms with Gasteiger partial charge in [-0.25, -0.2) is 8.42 Å². The number of halogens is 1. The standard InChI is InChI=1S/C14H21ClN2O2S2/c1-3-16-9-11-12(15)5-4-6-13(11)17-7-8-20-10-14(17)21(2,18)19/h4-6,14,16H,3,7-10H2,1-2H3. The minimum absolute atomic E-state index is 0.477. The minimum atomic E-state index is -3.13. The Morgan fingerprint density at radius 1 is 1.48 bits per heavy atom. The lowest BCUT2D eigenvalue weighted by atomic mass is 10.1. The Morgan fingerprint density at radius 2 is 2.24 bits per heavy atom. The van der Waals surface area contributed by atoms with Gasteiger partial charge in [-0.3, -0.25) is 0 Å². The SMILES string of the molecule is CCNCc1c(Cl)cccc1N1CCSCC1S(C)(=O)=O. The Morgan fingerprint density at radius 3 is 2.90 bits per heavy atom. The molecule has 1 heterocycles. The number of sulfone groups is 1.